The molecule has 0 bridgehead atoms. The van der Waals surface area contributed by atoms with E-state index in [-0.39, 0.29) is 24.5 Å². The lowest BCUT2D eigenvalue weighted by Gasteiger charge is -2.38. The van der Waals surface area contributed by atoms with E-state index in [0.29, 0.717) is 17.7 Å². The number of aliphatic hydroxyl groups is 1. The Morgan fingerprint density at radius 3 is 1.20 bits per heavy atom. The molecule has 0 aromatic heterocycles. The van der Waals surface area contributed by atoms with Gasteiger partial charge in [0.25, 0.3) is 0 Å². The van der Waals surface area contributed by atoms with Gasteiger partial charge in [-0.1, -0.05) is 118 Å². The molecule has 0 radical (unpaired) electrons. The van der Waals surface area contributed by atoms with E-state index in [1.807, 2.05) is 78.1 Å². The molecule has 6 rings (SSSR count). The zero-order chi connectivity index (χ0) is 40.5. The molecule has 4 aromatic carbocycles. The number of carbonyl (C=O) groups excluding carboxylic acids is 2. The van der Waals surface area contributed by atoms with Gasteiger partial charge in [0.1, 0.15) is 23.9 Å². The Hall–Kier alpha value is -4.46. The molecule has 0 aliphatic heterocycles. The second-order valence-corrected chi connectivity index (χ2v) is 20.2. The fourth-order valence-electron chi connectivity index (χ4n) is 7.41. The van der Waals surface area contributed by atoms with Crippen LogP contribution in [-0.4, -0.2) is 63.9 Å². The third-order valence-electron chi connectivity index (χ3n) is 11.0. The van der Waals surface area contributed by atoms with Gasteiger partial charge in [-0.05, 0) is 75.5 Å². The predicted molar refractivity (Wildman–Crippen MR) is 203 cm³/mol. The lowest BCUT2D eigenvalue weighted by atomic mass is 9.74. The van der Waals surface area contributed by atoms with Crippen LogP contribution >= 0.6 is 0 Å². The SMILES string of the molecule is CC(C)(C)[Si](C)(C)OCCC1(C(=O)NCC(F)(F)F)c2ccccc2-c2ccccc21.O=C(NCC(F)(F)F)C1(CCO)c2ccccc2-c2ccccc21. The number of alkyl halides is 6. The van der Waals surface area contributed by atoms with E-state index >= 15 is 0 Å². The number of amides is 2. The molecule has 0 unspecified atom stereocenters. The third kappa shape index (κ3) is 8.24. The summed E-state index contributed by atoms with van der Waals surface area (Å²) >= 11 is 0. The quantitative estimate of drug-likeness (QED) is 0.111. The van der Waals surface area contributed by atoms with Gasteiger partial charge in [-0.2, -0.15) is 26.3 Å². The molecule has 3 N–H and O–H groups in total. The van der Waals surface area contributed by atoms with Gasteiger partial charge in [0.15, 0.2) is 8.32 Å². The fourth-order valence-corrected chi connectivity index (χ4v) is 8.46. The number of hydrogen-bond acceptors (Lipinski definition) is 4. The summed E-state index contributed by atoms with van der Waals surface area (Å²) in [5.74, 6) is -1.38. The average molecular weight is 785 g/mol. The first-order chi connectivity index (χ1) is 25.7. The number of halogens is 6. The van der Waals surface area contributed by atoms with Gasteiger partial charge < -0.3 is 20.2 Å². The first-order valence-corrected chi connectivity index (χ1v) is 20.9. The van der Waals surface area contributed by atoms with E-state index in [1.165, 1.54) is 0 Å². The first-order valence-electron chi connectivity index (χ1n) is 18.0. The topological polar surface area (TPSA) is 87.7 Å². The Bertz CT molecular complexity index is 1930. The number of carbonyl (C=O) groups is 2. The zero-order valence-corrected chi connectivity index (χ0v) is 32.4. The van der Waals surface area contributed by atoms with E-state index < -0.39 is 56.4 Å². The number of benzene rings is 4. The Morgan fingerprint density at radius 1 is 0.600 bits per heavy atom. The third-order valence-corrected chi connectivity index (χ3v) is 15.6. The minimum absolute atomic E-state index is 0.00973. The van der Waals surface area contributed by atoms with Gasteiger partial charge in [0, 0.05) is 13.2 Å². The molecule has 4 aromatic rings. The molecule has 0 saturated carbocycles. The van der Waals surface area contributed by atoms with Crippen LogP contribution in [0.25, 0.3) is 22.3 Å². The Balaban J connectivity index is 0.000000218. The van der Waals surface area contributed by atoms with Crippen molar-refractivity contribution in [2.24, 2.45) is 0 Å². The molecule has 294 valence electrons. The lowest BCUT2D eigenvalue weighted by molar-refractivity contribution is -0.141. The molecule has 6 nitrogen and oxygen atoms in total. The van der Waals surface area contributed by atoms with Crippen molar-refractivity contribution in [3.63, 3.8) is 0 Å². The van der Waals surface area contributed by atoms with E-state index in [1.54, 1.807) is 24.3 Å². The number of aliphatic hydroxyl groups excluding tert-OH is 1. The second-order valence-electron chi connectivity index (χ2n) is 15.4. The Labute approximate surface area is 318 Å². The molecule has 0 fully saturated rings. The smallest absolute Gasteiger partial charge is 0.405 e. The number of nitrogens with one attached hydrogen (secondary N) is 2. The highest BCUT2D eigenvalue weighted by atomic mass is 28.4. The summed E-state index contributed by atoms with van der Waals surface area (Å²) in [6, 6.07) is 29.2. The van der Waals surface area contributed by atoms with Crippen molar-refractivity contribution < 1.29 is 45.5 Å². The monoisotopic (exact) mass is 784 g/mol. The van der Waals surface area contributed by atoms with Gasteiger partial charge in [0.05, 0.1) is 0 Å². The first kappa shape index (κ1) is 41.7. The van der Waals surface area contributed by atoms with E-state index in [0.717, 1.165) is 33.4 Å². The standard InChI is InChI=1S/C24H30F3NO2Si.C18H16F3NO2/c1-22(2,3)31(4,5)30-15-14-23(21(29)28-16-24(25,26)27)19-12-8-6-10-17(19)18-11-7-9-13-20(18)23;19-18(20,21)11-22-16(24)17(9-10-23)14-7-3-1-5-12(14)13-6-2-4-8-15(13)17/h6-13H,14-16H2,1-5H3,(H,28,29);1-8,23H,9-11H2,(H,22,24). The maximum absolute atomic E-state index is 13.4. The van der Waals surface area contributed by atoms with Crippen molar-refractivity contribution in [1.82, 2.24) is 10.6 Å². The summed E-state index contributed by atoms with van der Waals surface area (Å²) in [5.41, 5.74) is 3.56. The van der Waals surface area contributed by atoms with Gasteiger partial charge in [-0.3, -0.25) is 9.59 Å². The predicted octanol–water partition coefficient (Wildman–Crippen LogP) is 9.06. The van der Waals surface area contributed by atoms with Gasteiger partial charge >= 0.3 is 12.4 Å². The van der Waals surface area contributed by atoms with Crippen LogP contribution in [0, 0.1) is 0 Å². The van der Waals surface area contributed by atoms with Crippen LogP contribution in [-0.2, 0) is 24.8 Å². The molecule has 0 heterocycles. The highest BCUT2D eigenvalue weighted by Gasteiger charge is 2.51. The summed E-state index contributed by atoms with van der Waals surface area (Å²) < 4.78 is 82.7. The van der Waals surface area contributed by atoms with Crippen LogP contribution in [0.2, 0.25) is 18.1 Å². The van der Waals surface area contributed by atoms with Crippen LogP contribution in [0.1, 0.15) is 55.9 Å². The van der Waals surface area contributed by atoms with Crippen LogP contribution in [0.15, 0.2) is 97.1 Å². The van der Waals surface area contributed by atoms with Crippen molar-refractivity contribution >= 4 is 20.1 Å². The molecule has 2 aliphatic rings. The summed E-state index contributed by atoms with van der Waals surface area (Å²) in [5, 5.41) is 13.7. The summed E-state index contributed by atoms with van der Waals surface area (Å²) in [6.07, 6.45) is -8.68. The minimum Gasteiger partial charge on any atom is -0.417 e. The normalized spacial score (nSPS) is 15.1. The molecule has 0 atom stereocenters. The summed E-state index contributed by atoms with van der Waals surface area (Å²) in [4.78, 5) is 26.2. The highest BCUT2D eigenvalue weighted by molar-refractivity contribution is 6.74. The molecule has 0 saturated heterocycles. The van der Waals surface area contributed by atoms with Crippen molar-refractivity contribution in [1.29, 1.82) is 0 Å². The molecule has 0 spiro atoms. The second kappa shape index (κ2) is 15.6. The molecular formula is C42H46F6N2O4Si. The lowest BCUT2D eigenvalue weighted by Crippen LogP contribution is -2.48. The van der Waals surface area contributed by atoms with E-state index in [9.17, 15) is 41.0 Å². The summed E-state index contributed by atoms with van der Waals surface area (Å²) in [7, 11) is -2.09. The van der Waals surface area contributed by atoms with Crippen molar-refractivity contribution in [2.45, 2.75) is 74.9 Å². The number of rotatable bonds is 10. The molecule has 55 heavy (non-hydrogen) atoms. The fraction of sp³-hybridized carbons (Fsp3) is 0.381. The maximum atomic E-state index is 13.4. The van der Waals surface area contributed by atoms with Gasteiger partial charge in [-0.25, -0.2) is 0 Å². The number of hydrogen-bond donors (Lipinski definition) is 3. The van der Waals surface area contributed by atoms with Crippen molar-refractivity contribution in [3.05, 3.63) is 119 Å². The molecule has 2 amide bonds. The number of fused-ring (bicyclic) bond motifs is 6. The Morgan fingerprint density at radius 2 is 0.909 bits per heavy atom. The maximum Gasteiger partial charge on any atom is 0.405 e. The Kier molecular flexibility index (Phi) is 11.8. The zero-order valence-electron chi connectivity index (χ0n) is 31.4. The van der Waals surface area contributed by atoms with E-state index in [4.69, 9.17) is 4.43 Å². The summed E-state index contributed by atoms with van der Waals surface area (Å²) in [6.45, 7) is 7.85. The van der Waals surface area contributed by atoms with Gasteiger partial charge in [-0.15, -0.1) is 0 Å². The highest BCUT2D eigenvalue weighted by Crippen LogP contribution is 2.52. The van der Waals surface area contributed by atoms with Gasteiger partial charge in [0.2, 0.25) is 11.8 Å². The van der Waals surface area contributed by atoms with Crippen LogP contribution in [0.4, 0.5) is 26.3 Å². The van der Waals surface area contributed by atoms with Crippen LogP contribution in [0.3, 0.4) is 0 Å². The molecule has 13 heteroatoms. The largest absolute Gasteiger partial charge is 0.417 e. The van der Waals surface area contributed by atoms with E-state index in [2.05, 4.69) is 39.2 Å². The van der Waals surface area contributed by atoms with Crippen molar-refractivity contribution in [3.8, 4) is 22.3 Å². The minimum atomic E-state index is -4.49. The van der Waals surface area contributed by atoms with Crippen molar-refractivity contribution in [2.75, 3.05) is 26.3 Å². The molecule has 2 aliphatic carbocycles. The van der Waals surface area contributed by atoms with Crippen LogP contribution < -0.4 is 10.6 Å². The van der Waals surface area contributed by atoms with Crippen LogP contribution in [0.5, 0.6) is 0 Å². The molecular weight excluding hydrogens is 739 g/mol. The average Bonchev–Trinajstić information content (AvgIpc) is 3.57.